The average Bonchev–Trinajstić information content (AvgIpc) is 3.56. The van der Waals surface area contributed by atoms with E-state index in [-0.39, 0.29) is 30.6 Å². The number of likely N-dealkylation sites (tertiary alicyclic amines) is 1. The maximum atomic E-state index is 12.4. The van der Waals surface area contributed by atoms with Gasteiger partial charge in [-0.2, -0.15) is 9.97 Å². The first-order valence-electron chi connectivity index (χ1n) is 13.7. The Hall–Kier alpha value is -2.37. The van der Waals surface area contributed by atoms with E-state index in [2.05, 4.69) is 15.2 Å². The summed E-state index contributed by atoms with van der Waals surface area (Å²) < 4.78 is 7.63. The predicted octanol–water partition coefficient (Wildman–Crippen LogP) is 3.41. The van der Waals surface area contributed by atoms with Gasteiger partial charge in [0, 0.05) is 43.8 Å². The Kier molecular flexibility index (Phi) is 9.31. The zero-order chi connectivity index (χ0) is 25.1. The van der Waals surface area contributed by atoms with Crippen LogP contribution >= 0.6 is 12.4 Å². The highest BCUT2D eigenvalue weighted by atomic mass is 35.5. The Labute approximate surface area is 224 Å². The normalized spacial score (nSPS) is 24.0. The quantitative estimate of drug-likeness (QED) is 0.418. The maximum absolute atomic E-state index is 12.4. The van der Waals surface area contributed by atoms with Crippen LogP contribution in [0.25, 0.3) is 11.2 Å². The molecule has 3 fully saturated rings. The Bertz CT molecular complexity index is 1030. The molecule has 5 rings (SSSR count). The molecule has 37 heavy (non-hydrogen) atoms. The zero-order valence-corrected chi connectivity index (χ0v) is 22.6. The topological polar surface area (TPSA) is 149 Å². The summed E-state index contributed by atoms with van der Waals surface area (Å²) in [5, 5.41) is 7.22. The highest BCUT2D eigenvalue weighted by molar-refractivity contribution is 5.85. The molecule has 0 aromatic carbocycles. The van der Waals surface area contributed by atoms with Crippen LogP contribution in [0.15, 0.2) is 6.33 Å². The minimum absolute atomic E-state index is 0. The Balaban J connectivity index is 0.00000320. The molecule has 2 aromatic heterocycles. The number of aromatic nitrogens is 4. The lowest BCUT2D eigenvalue weighted by molar-refractivity contribution is 0.0666. The zero-order valence-electron chi connectivity index (χ0n) is 21.8. The molecule has 0 bridgehead atoms. The summed E-state index contributed by atoms with van der Waals surface area (Å²) in [6.07, 6.45) is 11.9. The van der Waals surface area contributed by atoms with Gasteiger partial charge in [0.25, 0.3) is 0 Å². The lowest BCUT2D eigenvalue weighted by Gasteiger charge is -2.32. The lowest BCUT2D eigenvalue weighted by Crippen LogP contribution is -2.44. The van der Waals surface area contributed by atoms with Crippen molar-refractivity contribution in [1.82, 2.24) is 24.4 Å². The van der Waals surface area contributed by atoms with Crippen LogP contribution in [0.4, 0.5) is 16.6 Å². The molecule has 0 radical (unpaired) electrons. The molecule has 206 valence electrons. The maximum Gasteiger partial charge on any atom is 0.410 e. The number of nitrogens with two attached hydrogens (primary N) is 2. The monoisotopic (exact) mass is 535 g/mol. The standard InChI is InChI=1S/C25H41N9O2.ClH/c1-16(14-26)36-25(35)33-12-10-19(11-13-33)29-22-21-23(34(15-28-21)20-4-2-3-5-20)32-24(31-22)30-18-8-6-17(27)7-9-18;/h15-20H,2-14,26-27H2,1H3,(H2,29,30,31,32);1H. The third-order valence-electron chi connectivity index (χ3n) is 7.97. The van der Waals surface area contributed by atoms with Crippen molar-refractivity contribution in [3.05, 3.63) is 6.33 Å². The van der Waals surface area contributed by atoms with Gasteiger partial charge in [0.1, 0.15) is 6.10 Å². The summed E-state index contributed by atoms with van der Waals surface area (Å²) >= 11 is 0. The van der Waals surface area contributed by atoms with E-state index in [0.29, 0.717) is 43.7 Å². The summed E-state index contributed by atoms with van der Waals surface area (Å²) in [6.45, 7) is 3.40. The van der Waals surface area contributed by atoms with Crippen molar-refractivity contribution < 1.29 is 9.53 Å². The number of hydrogen-bond donors (Lipinski definition) is 4. The third kappa shape index (κ3) is 6.56. The van der Waals surface area contributed by atoms with Crippen LogP contribution in [0, 0.1) is 0 Å². The molecule has 3 aliphatic rings. The van der Waals surface area contributed by atoms with Gasteiger partial charge in [-0.3, -0.25) is 0 Å². The fourth-order valence-electron chi connectivity index (χ4n) is 5.67. The molecular weight excluding hydrogens is 494 g/mol. The van der Waals surface area contributed by atoms with Crippen LogP contribution in [0.3, 0.4) is 0 Å². The number of hydrogen-bond acceptors (Lipinski definition) is 9. The first-order chi connectivity index (χ1) is 17.5. The van der Waals surface area contributed by atoms with Crippen LogP contribution < -0.4 is 22.1 Å². The van der Waals surface area contributed by atoms with Crippen molar-refractivity contribution in [3.63, 3.8) is 0 Å². The molecule has 11 nitrogen and oxygen atoms in total. The minimum Gasteiger partial charge on any atom is -0.445 e. The van der Waals surface area contributed by atoms with E-state index in [1.54, 1.807) is 4.90 Å². The van der Waals surface area contributed by atoms with E-state index < -0.39 is 0 Å². The first-order valence-corrected chi connectivity index (χ1v) is 13.7. The SMILES string of the molecule is CC(CN)OC(=O)N1CCC(Nc2nc(NC3CCC(N)CC3)nc3c2ncn3C2CCCC2)CC1.Cl. The summed E-state index contributed by atoms with van der Waals surface area (Å²) in [7, 11) is 0. The third-order valence-corrected chi connectivity index (χ3v) is 7.97. The number of anilines is 2. The van der Waals surface area contributed by atoms with Gasteiger partial charge in [0.2, 0.25) is 5.95 Å². The van der Waals surface area contributed by atoms with Crippen molar-refractivity contribution in [3.8, 4) is 0 Å². The highest BCUT2D eigenvalue weighted by Gasteiger charge is 2.28. The fourth-order valence-corrected chi connectivity index (χ4v) is 5.67. The first kappa shape index (κ1) is 27.7. The highest BCUT2D eigenvalue weighted by Crippen LogP contribution is 2.34. The van der Waals surface area contributed by atoms with Crippen LogP contribution in [-0.2, 0) is 4.74 Å². The van der Waals surface area contributed by atoms with E-state index in [1.807, 2.05) is 13.3 Å². The van der Waals surface area contributed by atoms with Crippen molar-refractivity contribution >= 4 is 41.4 Å². The summed E-state index contributed by atoms with van der Waals surface area (Å²) in [5.41, 5.74) is 13.4. The van der Waals surface area contributed by atoms with Gasteiger partial charge >= 0.3 is 6.09 Å². The molecule has 0 spiro atoms. The van der Waals surface area contributed by atoms with Gasteiger partial charge in [-0.15, -0.1) is 12.4 Å². The molecule has 1 saturated heterocycles. The minimum atomic E-state index is -0.287. The molecule has 2 aliphatic carbocycles. The number of fused-ring (bicyclic) bond motifs is 1. The van der Waals surface area contributed by atoms with Gasteiger partial charge in [-0.05, 0) is 58.3 Å². The Morgan fingerprint density at radius 2 is 1.73 bits per heavy atom. The van der Waals surface area contributed by atoms with Crippen molar-refractivity contribution in [2.75, 3.05) is 30.3 Å². The second kappa shape index (κ2) is 12.4. The molecule has 6 N–H and O–H groups in total. The molecular formula is C25H42ClN9O2. The fraction of sp³-hybridized carbons (Fsp3) is 0.760. The second-order valence-electron chi connectivity index (χ2n) is 10.7. The van der Waals surface area contributed by atoms with E-state index in [9.17, 15) is 4.79 Å². The summed E-state index contributed by atoms with van der Waals surface area (Å²) in [4.78, 5) is 28.7. The van der Waals surface area contributed by atoms with Gasteiger partial charge < -0.3 is 36.3 Å². The van der Waals surface area contributed by atoms with E-state index in [4.69, 9.17) is 31.2 Å². The smallest absolute Gasteiger partial charge is 0.410 e. The number of piperidine rings is 1. The second-order valence-corrected chi connectivity index (χ2v) is 10.7. The lowest BCUT2D eigenvalue weighted by atomic mass is 9.92. The number of rotatable bonds is 7. The van der Waals surface area contributed by atoms with Crippen LogP contribution in [0.5, 0.6) is 0 Å². The molecule has 12 heteroatoms. The number of amides is 1. The summed E-state index contributed by atoms with van der Waals surface area (Å²) in [6, 6.07) is 1.27. The predicted molar refractivity (Wildman–Crippen MR) is 147 cm³/mol. The molecule has 2 aromatic rings. The van der Waals surface area contributed by atoms with E-state index in [1.165, 1.54) is 25.7 Å². The van der Waals surface area contributed by atoms with Crippen molar-refractivity contribution in [1.29, 1.82) is 0 Å². The van der Waals surface area contributed by atoms with Gasteiger partial charge in [-0.25, -0.2) is 9.78 Å². The van der Waals surface area contributed by atoms with Gasteiger partial charge in [0.05, 0.1) is 6.33 Å². The number of halogens is 1. The Morgan fingerprint density at radius 3 is 2.41 bits per heavy atom. The van der Waals surface area contributed by atoms with Crippen LogP contribution in [0.2, 0.25) is 0 Å². The largest absolute Gasteiger partial charge is 0.445 e. The van der Waals surface area contributed by atoms with Gasteiger partial charge in [0.15, 0.2) is 17.0 Å². The van der Waals surface area contributed by atoms with Crippen LogP contribution in [-0.4, -0.2) is 74.4 Å². The molecule has 3 heterocycles. The number of imidazole rings is 1. The number of ether oxygens (including phenoxy) is 1. The van der Waals surface area contributed by atoms with Gasteiger partial charge in [-0.1, -0.05) is 12.8 Å². The van der Waals surface area contributed by atoms with E-state index >= 15 is 0 Å². The average molecular weight is 536 g/mol. The Morgan fingerprint density at radius 1 is 1.05 bits per heavy atom. The number of nitrogens with one attached hydrogen (secondary N) is 2. The number of carbonyl (C=O) groups excluding carboxylic acids is 1. The molecule has 1 atom stereocenters. The summed E-state index contributed by atoms with van der Waals surface area (Å²) in [5.74, 6) is 1.42. The van der Waals surface area contributed by atoms with Crippen molar-refractivity contribution in [2.45, 2.75) is 101 Å². The molecule has 1 amide bonds. The molecule has 1 aliphatic heterocycles. The van der Waals surface area contributed by atoms with E-state index in [0.717, 1.165) is 55.5 Å². The number of nitrogens with zero attached hydrogens (tertiary/aromatic N) is 5. The number of carbonyl (C=O) groups is 1. The van der Waals surface area contributed by atoms with Crippen LogP contribution in [0.1, 0.15) is 77.2 Å². The van der Waals surface area contributed by atoms with Crippen molar-refractivity contribution in [2.24, 2.45) is 11.5 Å². The molecule has 1 unspecified atom stereocenters. The molecule has 2 saturated carbocycles.